The number of benzene rings is 2. The van der Waals surface area contributed by atoms with Crippen molar-refractivity contribution in [1.82, 2.24) is 0 Å². The van der Waals surface area contributed by atoms with Crippen molar-refractivity contribution in [2.24, 2.45) is 0 Å². The predicted octanol–water partition coefficient (Wildman–Crippen LogP) is 5.49. The lowest BCUT2D eigenvalue weighted by Crippen LogP contribution is -2.05. The van der Waals surface area contributed by atoms with Crippen LogP contribution in [0.15, 0.2) is 66.7 Å². The number of carbonyl (C=O) groups is 1. The Kier molecular flexibility index (Phi) is 3.47. The van der Waals surface area contributed by atoms with Crippen molar-refractivity contribution in [3.8, 4) is 0 Å². The van der Waals surface area contributed by atoms with Gasteiger partial charge in [-0.05, 0) is 35.2 Å². The molecule has 2 atom stereocenters. The van der Waals surface area contributed by atoms with Gasteiger partial charge in [0, 0.05) is 20.2 Å². The molecular formula is C19H13ClO2S. The SMILES string of the molecule is C=C1C(=O)OC(c2cccc(Cl)c2)C1c1cc2ccccc2s1. The fourth-order valence-corrected chi connectivity index (χ4v) is 4.41. The fourth-order valence-electron chi connectivity index (χ4n) is 2.99. The average Bonchev–Trinajstić information content (AvgIpc) is 3.09. The standard InChI is InChI=1S/C19H13ClO2S/c1-11-17(16-10-12-5-2-3-8-15(12)23-16)18(22-19(11)21)13-6-4-7-14(20)9-13/h2-10,17-18H,1H2. The van der Waals surface area contributed by atoms with Crippen LogP contribution in [0.1, 0.15) is 22.5 Å². The lowest BCUT2D eigenvalue weighted by atomic mass is 9.91. The first-order valence-corrected chi connectivity index (χ1v) is 8.46. The molecule has 0 N–H and O–H groups in total. The molecule has 23 heavy (non-hydrogen) atoms. The lowest BCUT2D eigenvalue weighted by molar-refractivity contribution is -0.139. The maximum absolute atomic E-state index is 12.1. The van der Waals surface area contributed by atoms with Gasteiger partial charge >= 0.3 is 5.97 Å². The van der Waals surface area contributed by atoms with E-state index in [-0.39, 0.29) is 18.0 Å². The number of rotatable bonds is 2. The molecule has 0 radical (unpaired) electrons. The van der Waals surface area contributed by atoms with Crippen molar-refractivity contribution in [2.75, 3.05) is 0 Å². The predicted molar refractivity (Wildman–Crippen MR) is 94.0 cm³/mol. The van der Waals surface area contributed by atoms with Crippen molar-refractivity contribution in [1.29, 1.82) is 0 Å². The Labute approximate surface area is 143 Å². The zero-order valence-electron chi connectivity index (χ0n) is 12.2. The first kappa shape index (κ1) is 14.5. The summed E-state index contributed by atoms with van der Waals surface area (Å²) in [5.74, 6) is -0.504. The largest absolute Gasteiger partial charge is 0.453 e. The Morgan fingerprint density at radius 1 is 1.09 bits per heavy atom. The topological polar surface area (TPSA) is 26.3 Å². The van der Waals surface area contributed by atoms with Crippen LogP contribution in [-0.2, 0) is 9.53 Å². The van der Waals surface area contributed by atoms with Gasteiger partial charge in [-0.2, -0.15) is 0 Å². The Morgan fingerprint density at radius 3 is 2.70 bits per heavy atom. The molecule has 114 valence electrons. The van der Waals surface area contributed by atoms with E-state index in [4.69, 9.17) is 16.3 Å². The van der Waals surface area contributed by atoms with E-state index in [9.17, 15) is 4.79 Å². The summed E-state index contributed by atoms with van der Waals surface area (Å²) in [4.78, 5) is 13.2. The molecule has 1 aromatic heterocycles. The fraction of sp³-hybridized carbons (Fsp3) is 0.105. The molecule has 2 aromatic carbocycles. The van der Waals surface area contributed by atoms with Gasteiger partial charge in [0.05, 0.1) is 5.92 Å². The smallest absolute Gasteiger partial charge is 0.334 e. The van der Waals surface area contributed by atoms with Gasteiger partial charge in [0.1, 0.15) is 6.10 Å². The molecular weight excluding hydrogens is 328 g/mol. The van der Waals surface area contributed by atoms with Gasteiger partial charge in [-0.15, -0.1) is 11.3 Å². The van der Waals surface area contributed by atoms with E-state index in [0.717, 1.165) is 10.4 Å². The van der Waals surface area contributed by atoms with Gasteiger partial charge in [-0.3, -0.25) is 0 Å². The molecule has 0 spiro atoms. The monoisotopic (exact) mass is 340 g/mol. The van der Waals surface area contributed by atoms with Crippen LogP contribution in [0.25, 0.3) is 10.1 Å². The summed E-state index contributed by atoms with van der Waals surface area (Å²) in [5.41, 5.74) is 1.40. The number of esters is 1. The van der Waals surface area contributed by atoms with Crippen molar-refractivity contribution in [3.63, 3.8) is 0 Å². The molecule has 0 bridgehead atoms. The third kappa shape index (κ3) is 2.46. The molecule has 4 rings (SSSR count). The summed E-state index contributed by atoms with van der Waals surface area (Å²) in [6.45, 7) is 3.96. The van der Waals surface area contributed by atoms with Crippen LogP contribution in [0.5, 0.6) is 0 Å². The zero-order chi connectivity index (χ0) is 16.0. The first-order chi connectivity index (χ1) is 11.1. The minimum Gasteiger partial charge on any atom is -0.453 e. The summed E-state index contributed by atoms with van der Waals surface area (Å²) >= 11 is 7.77. The highest BCUT2D eigenvalue weighted by molar-refractivity contribution is 7.19. The van der Waals surface area contributed by atoms with Crippen LogP contribution in [0, 0.1) is 0 Å². The quantitative estimate of drug-likeness (QED) is 0.455. The molecule has 1 saturated heterocycles. The molecule has 1 aliphatic heterocycles. The number of hydrogen-bond acceptors (Lipinski definition) is 3. The van der Waals surface area contributed by atoms with Gasteiger partial charge in [0.25, 0.3) is 0 Å². The van der Waals surface area contributed by atoms with E-state index in [1.807, 2.05) is 36.4 Å². The van der Waals surface area contributed by atoms with E-state index in [1.165, 1.54) is 10.1 Å². The maximum atomic E-state index is 12.1. The van der Waals surface area contributed by atoms with E-state index >= 15 is 0 Å². The summed E-state index contributed by atoms with van der Waals surface area (Å²) in [6.07, 6.45) is -0.373. The van der Waals surface area contributed by atoms with E-state index in [0.29, 0.717) is 10.6 Å². The summed E-state index contributed by atoms with van der Waals surface area (Å²) in [5, 5.41) is 1.80. The Balaban J connectivity index is 1.82. The minimum atomic E-state index is -0.373. The highest BCUT2D eigenvalue weighted by atomic mass is 35.5. The Morgan fingerprint density at radius 2 is 1.91 bits per heavy atom. The van der Waals surface area contributed by atoms with Crippen molar-refractivity contribution < 1.29 is 9.53 Å². The highest BCUT2D eigenvalue weighted by Gasteiger charge is 2.41. The molecule has 3 aromatic rings. The highest BCUT2D eigenvalue weighted by Crippen LogP contribution is 2.48. The molecule has 2 heterocycles. The molecule has 4 heteroatoms. The minimum absolute atomic E-state index is 0.168. The van der Waals surface area contributed by atoms with Gasteiger partial charge < -0.3 is 4.74 Å². The number of thiophene rings is 1. The molecule has 0 amide bonds. The normalized spacial score (nSPS) is 20.9. The number of fused-ring (bicyclic) bond motifs is 1. The van der Waals surface area contributed by atoms with E-state index < -0.39 is 0 Å². The molecule has 2 unspecified atom stereocenters. The first-order valence-electron chi connectivity index (χ1n) is 7.27. The van der Waals surface area contributed by atoms with E-state index in [1.54, 1.807) is 11.3 Å². The van der Waals surface area contributed by atoms with Crippen LogP contribution in [0.4, 0.5) is 0 Å². The van der Waals surface area contributed by atoms with Crippen molar-refractivity contribution >= 4 is 39.0 Å². The number of halogens is 1. The third-order valence-electron chi connectivity index (χ3n) is 4.10. The Bertz CT molecular complexity index is 895. The molecule has 2 nitrogen and oxygen atoms in total. The maximum Gasteiger partial charge on any atom is 0.334 e. The van der Waals surface area contributed by atoms with Gasteiger partial charge in [-0.25, -0.2) is 4.79 Å². The molecule has 0 aliphatic carbocycles. The zero-order valence-corrected chi connectivity index (χ0v) is 13.7. The van der Waals surface area contributed by atoms with E-state index in [2.05, 4.69) is 24.8 Å². The van der Waals surface area contributed by atoms with Crippen LogP contribution in [-0.4, -0.2) is 5.97 Å². The summed E-state index contributed by atoms with van der Waals surface area (Å²) < 4.78 is 6.78. The number of ether oxygens (including phenoxy) is 1. The number of cyclic esters (lactones) is 1. The third-order valence-corrected chi connectivity index (χ3v) is 5.54. The molecule has 1 fully saturated rings. The number of carbonyl (C=O) groups excluding carboxylic acids is 1. The van der Waals surface area contributed by atoms with Crippen molar-refractivity contribution in [3.05, 3.63) is 82.2 Å². The van der Waals surface area contributed by atoms with Crippen LogP contribution < -0.4 is 0 Å². The van der Waals surface area contributed by atoms with Crippen LogP contribution in [0.3, 0.4) is 0 Å². The Hall–Kier alpha value is -2.10. The summed E-state index contributed by atoms with van der Waals surface area (Å²) in [6, 6.07) is 17.8. The van der Waals surface area contributed by atoms with Crippen LogP contribution in [0.2, 0.25) is 5.02 Å². The summed E-state index contributed by atoms with van der Waals surface area (Å²) in [7, 11) is 0. The second-order valence-corrected chi connectivity index (χ2v) is 7.12. The van der Waals surface area contributed by atoms with Gasteiger partial charge in [0.15, 0.2) is 0 Å². The van der Waals surface area contributed by atoms with Crippen LogP contribution >= 0.6 is 22.9 Å². The number of hydrogen-bond donors (Lipinski definition) is 0. The second-order valence-electron chi connectivity index (χ2n) is 5.57. The lowest BCUT2D eigenvalue weighted by Gasteiger charge is -2.17. The molecule has 0 saturated carbocycles. The van der Waals surface area contributed by atoms with Crippen molar-refractivity contribution in [2.45, 2.75) is 12.0 Å². The second kappa shape index (κ2) is 5.52. The average molecular weight is 341 g/mol. The molecule has 1 aliphatic rings. The van der Waals surface area contributed by atoms with Gasteiger partial charge in [0.2, 0.25) is 0 Å². The van der Waals surface area contributed by atoms with Gasteiger partial charge in [-0.1, -0.05) is 48.5 Å².